The van der Waals surface area contributed by atoms with E-state index >= 15 is 0 Å². The van der Waals surface area contributed by atoms with Crippen molar-refractivity contribution in [3.8, 4) is 0 Å². The number of amides is 1. The summed E-state index contributed by atoms with van der Waals surface area (Å²) in [6.45, 7) is 2.03. The van der Waals surface area contributed by atoms with E-state index in [2.05, 4.69) is 5.32 Å². The van der Waals surface area contributed by atoms with Crippen LogP contribution in [0.1, 0.15) is 30.1 Å². The number of nitrogen functional groups attached to an aromatic ring is 1. The number of halogens is 2. The Labute approximate surface area is 98.0 Å². The molecule has 2 atom stereocenters. The van der Waals surface area contributed by atoms with Gasteiger partial charge in [0.05, 0.1) is 11.3 Å². The molecular weight excluding hydrogens is 226 g/mol. The van der Waals surface area contributed by atoms with E-state index in [1.54, 1.807) is 0 Å². The van der Waals surface area contributed by atoms with Crippen molar-refractivity contribution in [2.45, 2.75) is 25.8 Å². The molecule has 0 aromatic heterocycles. The minimum Gasteiger partial charge on any atom is -0.396 e. The molecule has 17 heavy (non-hydrogen) atoms. The molecule has 1 amide bonds. The van der Waals surface area contributed by atoms with E-state index in [1.807, 2.05) is 6.92 Å². The second-order valence-electron chi connectivity index (χ2n) is 4.34. The van der Waals surface area contributed by atoms with E-state index in [0.717, 1.165) is 25.0 Å². The highest BCUT2D eigenvalue weighted by molar-refractivity contribution is 5.95. The molecule has 1 aliphatic rings. The van der Waals surface area contributed by atoms with Crippen LogP contribution in [-0.2, 0) is 0 Å². The predicted octanol–water partition coefficient (Wildman–Crippen LogP) is 2.08. The normalized spacial score (nSPS) is 22.3. The largest absolute Gasteiger partial charge is 0.396 e. The van der Waals surface area contributed by atoms with E-state index in [0.29, 0.717) is 5.92 Å². The maximum atomic E-state index is 13.5. The van der Waals surface area contributed by atoms with Gasteiger partial charge in [-0.3, -0.25) is 4.79 Å². The fourth-order valence-corrected chi connectivity index (χ4v) is 1.90. The second kappa shape index (κ2) is 4.31. The van der Waals surface area contributed by atoms with Crippen LogP contribution in [0.5, 0.6) is 0 Å². The van der Waals surface area contributed by atoms with Crippen molar-refractivity contribution in [3.63, 3.8) is 0 Å². The first kappa shape index (κ1) is 11.8. The number of carbonyl (C=O) groups is 1. The van der Waals surface area contributed by atoms with Crippen LogP contribution < -0.4 is 11.1 Å². The zero-order valence-corrected chi connectivity index (χ0v) is 9.47. The standard InChI is InChI=1S/C12H14F2N2O/c1-2-6-3-10(6)16-12(17)8-4-7(13)5-9(15)11(8)14/h4-6,10H,2-3,15H2,1H3,(H,16,17). The molecule has 92 valence electrons. The van der Waals surface area contributed by atoms with Crippen LogP contribution in [0.25, 0.3) is 0 Å². The zero-order valence-electron chi connectivity index (χ0n) is 9.47. The number of hydrogen-bond acceptors (Lipinski definition) is 2. The fraction of sp³-hybridized carbons (Fsp3) is 0.417. The van der Waals surface area contributed by atoms with Crippen molar-refractivity contribution < 1.29 is 13.6 Å². The molecule has 0 radical (unpaired) electrons. The highest BCUT2D eigenvalue weighted by Gasteiger charge is 2.37. The molecule has 1 fully saturated rings. The third kappa shape index (κ3) is 2.38. The molecule has 1 aromatic carbocycles. The Morgan fingerprint density at radius 3 is 2.82 bits per heavy atom. The maximum absolute atomic E-state index is 13.5. The lowest BCUT2D eigenvalue weighted by atomic mass is 10.1. The summed E-state index contributed by atoms with van der Waals surface area (Å²) in [5.74, 6) is -1.72. The summed E-state index contributed by atoms with van der Waals surface area (Å²) in [6.07, 6.45) is 1.87. The van der Waals surface area contributed by atoms with Gasteiger partial charge in [0.1, 0.15) is 5.82 Å². The van der Waals surface area contributed by atoms with Gasteiger partial charge < -0.3 is 11.1 Å². The van der Waals surface area contributed by atoms with Gasteiger partial charge in [-0.2, -0.15) is 0 Å². The molecule has 0 bridgehead atoms. The third-order valence-corrected chi connectivity index (χ3v) is 3.07. The van der Waals surface area contributed by atoms with Crippen LogP contribution in [0.15, 0.2) is 12.1 Å². The summed E-state index contributed by atoms with van der Waals surface area (Å²) in [7, 11) is 0. The monoisotopic (exact) mass is 240 g/mol. The minimum absolute atomic E-state index is 0.0800. The van der Waals surface area contributed by atoms with Crippen molar-refractivity contribution in [2.24, 2.45) is 5.92 Å². The topological polar surface area (TPSA) is 55.1 Å². The number of carbonyl (C=O) groups excluding carboxylic acids is 1. The lowest BCUT2D eigenvalue weighted by Crippen LogP contribution is -2.28. The Balaban J connectivity index is 2.14. The molecule has 1 saturated carbocycles. The first-order valence-electron chi connectivity index (χ1n) is 5.58. The molecule has 5 heteroatoms. The molecular formula is C12H14F2N2O. The smallest absolute Gasteiger partial charge is 0.254 e. The van der Waals surface area contributed by atoms with Gasteiger partial charge in [-0.05, 0) is 24.5 Å². The number of hydrogen-bond donors (Lipinski definition) is 2. The maximum Gasteiger partial charge on any atom is 0.254 e. The van der Waals surface area contributed by atoms with Crippen LogP contribution in [-0.4, -0.2) is 11.9 Å². The lowest BCUT2D eigenvalue weighted by Gasteiger charge is -2.07. The second-order valence-corrected chi connectivity index (χ2v) is 4.34. The number of nitrogens with one attached hydrogen (secondary N) is 1. The Kier molecular flexibility index (Phi) is 3.00. The van der Waals surface area contributed by atoms with Crippen molar-refractivity contribution in [1.82, 2.24) is 5.32 Å². The van der Waals surface area contributed by atoms with Gasteiger partial charge in [0.15, 0.2) is 5.82 Å². The quantitative estimate of drug-likeness (QED) is 0.795. The van der Waals surface area contributed by atoms with Crippen LogP contribution in [0.3, 0.4) is 0 Å². The Morgan fingerprint density at radius 2 is 2.24 bits per heavy atom. The molecule has 3 N–H and O–H groups in total. The van der Waals surface area contributed by atoms with Crippen LogP contribution >= 0.6 is 0 Å². The number of benzene rings is 1. The highest BCUT2D eigenvalue weighted by atomic mass is 19.1. The highest BCUT2D eigenvalue weighted by Crippen LogP contribution is 2.33. The van der Waals surface area contributed by atoms with Gasteiger partial charge in [-0.1, -0.05) is 13.3 Å². The molecule has 0 saturated heterocycles. The molecule has 1 aliphatic carbocycles. The van der Waals surface area contributed by atoms with E-state index in [-0.39, 0.29) is 17.3 Å². The summed E-state index contributed by atoms with van der Waals surface area (Å²) < 4.78 is 26.6. The summed E-state index contributed by atoms with van der Waals surface area (Å²) >= 11 is 0. The van der Waals surface area contributed by atoms with Gasteiger partial charge in [0.25, 0.3) is 5.91 Å². The first-order chi connectivity index (χ1) is 8.02. The molecule has 1 aromatic rings. The molecule has 0 spiro atoms. The SMILES string of the molecule is CCC1CC1NC(=O)c1cc(F)cc(N)c1F. The molecule has 0 aliphatic heterocycles. The van der Waals surface area contributed by atoms with Gasteiger partial charge in [-0.25, -0.2) is 8.78 Å². The summed E-state index contributed by atoms with van der Waals surface area (Å²) in [6, 6.07) is 1.80. The van der Waals surface area contributed by atoms with E-state index in [4.69, 9.17) is 5.73 Å². The fourth-order valence-electron chi connectivity index (χ4n) is 1.90. The summed E-state index contributed by atoms with van der Waals surface area (Å²) in [5, 5.41) is 2.67. The zero-order chi connectivity index (χ0) is 12.6. The van der Waals surface area contributed by atoms with Crippen molar-refractivity contribution in [3.05, 3.63) is 29.3 Å². The molecule has 0 heterocycles. The summed E-state index contributed by atoms with van der Waals surface area (Å²) in [4.78, 5) is 11.7. The van der Waals surface area contributed by atoms with Crippen LogP contribution in [0, 0.1) is 17.6 Å². The van der Waals surface area contributed by atoms with Crippen LogP contribution in [0.2, 0.25) is 0 Å². The summed E-state index contributed by atoms with van der Waals surface area (Å²) in [5.41, 5.74) is 4.59. The number of rotatable bonds is 3. The molecule has 2 unspecified atom stereocenters. The van der Waals surface area contributed by atoms with Gasteiger partial charge in [0.2, 0.25) is 0 Å². The van der Waals surface area contributed by atoms with Gasteiger partial charge in [-0.15, -0.1) is 0 Å². The Bertz CT molecular complexity index is 462. The lowest BCUT2D eigenvalue weighted by molar-refractivity contribution is 0.0944. The van der Waals surface area contributed by atoms with Gasteiger partial charge >= 0.3 is 0 Å². The van der Waals surface area contributed by atoms with Gasteiger partial charge in [0, 0.05) is 6.04 Å². The molecule has 3 nitrogen and oxygen atoms in total. The Hall–Kier alpha value is -1.65. The average Bonchev–Trinajstić information content (AvgIpc) is 3.01. The third-order valence-electron chi connectivity index (χ3n) is 3.07. The van der Waals surface area contributed by atoms with Crippen molar-refractivity contribution in [1.29, 1.82) is 0 Å². The van der Waals surface area contributed by atoms with Crippen LogP contribution in [0.4, 0.5) is 14.5 Å². The van der Waals surface area contributed by atoms with Crippen molar-refractivity contribution >= 4 is 11.6 Å². The molecule has 2 rings (SSSR count). The van der Waals surface area contributed by atoms with E-state index in [9.17, 15) is 13.6 Å². The van der Waals surface area contributed by atoms with E-state index in [1.165, 1.54) is 0 Å². The predicted molar refractivity (Wildman–Crippen MR) is 60.4 cm³/mol. The first-order valence-corrected chi connectivity index (χ1v) is 5.58. The number of nitrogens with two attached hydrogens (primary N) is 1. The van der Waals surface area contributed by atoms with Crippen molar-refractivity contribution in [2.75, 3.05) is 5.73 Å². The van der Waals surface area contributed by atoms with E-state index < -0.39 is 17.5 Å². The Morgan fingerprint density at radius 1 is 1.53 bits per heavy atom. The average molecular weight is 240 g/mol. The number of anilines is 1. The minimum atomic E-state index is -0.863.